The maximum absolute atomic E-state index is 11.8. The number of amides is 1. The van der Waals surface area contributed by atoms with Gasteiger partial charge in [0.05, 0.1) is 0 Å². The highest BCUT2D eigenvalue weighted by Gasteiger charge is 2.33. The molecule has 1 aromatic heterocycles. The predicted octanol–water partition coefficient (Wildman–Crippen LogP) is 1.51. The predicted molar refractivity (Wildman–Crippen MR) is 66.1 cm³/mol. The van der Waals surface area contributed by atoms with Crippen LogP contribution in [0.15, 0.2) is 12.3 Å². The lowest BCUT2D eigenvalue weighted by atomic mass is 10.4. The van der Waals surface area contributed by atoms with Gasteiger partial charge in [-0.25, -0.2) is 9.97 Å². The SMILES string of the molecule is CC(=O)SC1CC(=O)N(c2nccc(Cl)n2)C1. The van der Waals surface area contributed by atoms with Crippen LogP contribution in [0.4, 0.5) is 5.95 Å². The van der Waals surface area contributed by atoms with Crippen molar-refractivity contribution in [2.75, 3.05) is 11.4 Å². The van der Waals surface area contributed by atoms with Crippen LogP contribution in [-0.4, -0.2) is 32.8 Å². The van der Waals surface area contributed by atoms with Crippen LogP contribution < -0.4 is 4.90 Å². The Kier molecular flexibility index (Phi) is 3.63. The first kappa shape index (κ1) is 12.3. The molecule has 0 radical (unpaired) electrons. The summed E-state index contributed by atoms with van der Waals surface area (Å²) >= 11 is 6.92. The van der Waals surface area contributed by atoms with Crippen molar-refractivity contribution < 1.29 is 9.59 Å². The topological polar surface area (TPSA) is 63.2 Å². The van der Waals surface area contributed by atoms with Crippen molar-refractivity contribution in [2.45, 2.75) is 18.6 Å². The molecule has 1 aromatic rings. The number of halogens is 1. The second-order valence-electron chi connectivity index (χ2n) is 3.62. The van der Waals surface area contributed by atoms with Crippen LogP contribution >= 0.6 is 23.4 Å². The monoisotopic (exact) mass is 271 g/mol. The van der Waals surface area contributed by atoms with Crippen molar-refractivity contribution in [1.82, 2.24) is 9.97 Å². The maximum Gasteiger partial charge on any atom is 0.233 e. The Morgan fingerprint density at radius 3 is 3.06 bits per heavy atom. The lowest BCUT2D eigenvalue weighted by molar-refractivity contribution is -0.117. The summed E-state index contributed by atoms with van der Waals surface area (Å²) < 4.78 is 0. The second kappa shape index (κ2) is 5.01. The maximum atomic E-state index is 11.8. The molecule has 2 rings (SSSR count). The van der Waals surface area contributed by atoms with Gasteiger partial charge in [-0.15, -0.1) is 0 Å². The first-order valence-corrected chi connectivity index (χ1v) is 6.28. The molecule has 0 aromatic carbocycles. The first-order valence-electron chi connectivity index (χ1n) is 5.02. The van der Waals surface area contributed by atoms with Gasteiger partial charge < -0.3 is 0 Å². The molecule has 0 spiro atoms. The van der Waals surface area contributed by atoms with Gasteiger partial charge in [-0.2, -0.15) is 0 Å². The van der Waals surface area contributed by atoms with Crippen LogP contribution in [0.25, 0.3) is 0 Å². The summed E-state index contributed by atoms with van der Waals surface area (Å²) in [7, 11) is 0. The highest BCUT2D eigenvalue weighted by Crippen LogP contribution is 2.26. The molecule has 0 saturated carbocycles. The summed E-state index contributed by atoms with van der Waals surface area (Å²) in [6.45, 7) is 1.94. The molecule has 2 heterocycles. The van der Waals surface area contributed by atoms with Crippen molar-refractivity contribution in [2.24, 2.45) is 0 Å². The van der Waals surface area contributed by atoms with E-state index < -0.39 is 0 Å². The molecular formula is C10H10ClN3O2S. The smallest absolute Gasteiger partial charge is 0.233 e. The Morgan fingerprint density at radius 1 is 1.65 bits per heavy atom. The van der Waals surface area contributed by atoms with Crippen molar-refractivity contribution in [1.29, 1.82) is 0 Å². The fraction of sp³-hybridized carbons (Fsp3) is 0.400. The lowest BCUT2D eigenvalue weighted by Crippen LogP contribution is -2.26. The molecule has 1 aliphatic heterocycles. The van der Waals surface area contributed by atoms with E-state index in [1.165, 1.54) is 29.8 Å². The molecule has 1 fully saturated rings. The molecule has 90 valence electrons. The van der Waals surface area contributed by atoms with Gasteiger partial charge in [0.15, 0.2) is 5.12 Å². The van der Waals surface area contributed by atoms with Gasteiger partial charge in [-0.05, 0) is 6.07 Å². The molecular weight excluding hydrogens is 262 g/mol. The van der Waals surface area contributed by atoms with Gasteiger partial charge in [0, 0.05) is 31.3 Å². The Bertz CT molecular complexity index is 469. The van der Waals surface area contributed by atoms with Gasteiger partial charge in [0.1, 0.15) is 5.15 Å². The highest BCUT2D eigenvalue weighted by atomic mass is 35.5. The van der Waals surface area contributed by atoms with E-state index in [0.717, 1.165) is 0 Å². The van der Waals surface area contributed by atoms with Crippen molar-refractivity contribution in [3.8, 4) is 0 Å². The van der Waals surface area contributed by atoms with E-state index in [0.29, 0.717) is 24.1 Å². The normalized spacial score (nSPS) is 19.8. The van der Waals surface area contributed by atoms with Crippen molar-refractivity contribution in [3.63, 3.8) is 0 Å². The van der Waals surface area contributed by atoms with E-state index in [1.54, 1.807) is 6.07 Å². The molecule has 7 heteroatoms. The zero-order valence-corrected chi connectivity index (χ0v) is 10.7. The van der Waals surface area contributed by atoms with E-state index in [9.17, 15) is 9.59 Å². The van der Waals surface area contributed by atoms with E-state index >= 15 is 0 Å². The highest BCUT2D eigenvalue weighted by molar-refractivity contribution is 8.14. The molecule has 1 unspecified atom stereocenters. The van der Waals surface area contributed by atoms with Crippen LogP contribution in [0.3, 0.4) is 0 Å². The molecule has 1 saturated heterocycles. The number of rotatable bonds is 2. The number of anilines is 1. The zero-order valence-electron chi connectivity index (χ0n) is 9.09. The molecule has 0 bridgehead atoms. The molecule has 0 N–H and O–H groups in total. The first-order chi connectivity index (χ1) is 8.06. The molecule has 1 aliphatic rings. The standard InChI is InChI=1S/C10H10ClN3O2S/c1-6(15)17-7-4-9(16)14(5-7)10-12-3-2-8(11)13-10/h2-3,7H,4-5H2,1H3. The number of nitrogens with zero attached hydrogens (tertiary/aromatic N) is 3. The van der Waals surface area contributed by atoms with Crippen LogP contribution in [0, 0.1) is 0 Å². The fourth-order valence-corrected chi connectivity index (χ4v) is 2.69. The van der Waals surface area contributed by atoms with Crippen LogP contribution in [0.5, 0.6) is 0 Å². The third-order valence-electron chi connectivity index (χ3n) is 2.27. The Balaban J connectivity index is 2.13. The van der Waals surface area contributed by atoms with Crippen LogP contribution in [-0.2, 0) is 9.59 Å². The summed E-state index contributed by atoms with van der Waals surface area (Å²) in [5, 5.41) is 0.282. The number of hydrogen-bond donors (Lipinski definition) is 0. The minimum absolute atomic E-state index is 0.0108. The number of thioether (sulfide) groups is 1. The van der Waals surface area contributed by atoms with Gasteiger partial charge in [0.25, 0.3) is 0 Å². The molecule has 0 aliphatic carbocycles. The number of aromatic nitrogens is 2. The Hall–Kier alpha value is -1.14. The van der Waals surface area contributed by atoms with Gasteiger partial charge >= 0.3 is 0 Å². The molecule has 1 amide bonds. The van der Waals surface area contributed by atoms with Crippen molar-refractivity contribution >= 4 is 40.3 Å². The number of hydrogen-bond acceptors (Lipinski definition) is 5. The Labute approximate surface area is 108 Å². The summed E-state index contributed by atoms with van der Waals surface area (Å²) in [4.78, 5) is 32.2. The van der Waals surface area contributed by atoms with Gasteiger partial charge in [-0.3, -0.25) is 14.5 Å². The molecule has 1 atom stereocenters. The largest absolute Gasteiger partial charge is 0.288 e. The Morgan fingerprint density at radius 2 is 2.41 bits per heavy atom. The lowest BCUT2D eigenvalue weighted by Gasteiger charge is -2.13. The fourth-order valence-electron chi connectivity index (χ4n) is 1.64. The summed E-state index contributed by atoms with van der Waals surface area (Å²) in [6, 6.07) is 1.55. The summed E-state index contributed by atoms with van der Waals surface area (Å²) in [5.41, 5.74) is 0. The number of carbonyl (C=O) groups is 2. The summed E-state index contributed by atoms with van der Waals surface area (Å²) in [6.07, 6.45) is 1.84. The quantitative estimate of drug-likeness (QED) is 0.763. The second-order valence-corrected chi connectivity index (χ2v) is 5.48. The third kappa shape index (κ3) is 2.95. The van der Waals surface area contributed by atoms with Crippen LogP contribution in [0.1, 0.15) is 13.3 Å². The minimum Gasteiger partial charge on any atom is -0.288 e. The van der Waals surface area contributed by atoms with Gasteiger partial charge in [-0.1, -0.05) is 23.4 Å². The van der Waals surface area contributed by atoms with Gasteiger partial charge in [0.2, 0.25) is 11.9 Å². The number of carbonyl (C=O) groups excluding carboxylic acids is 2. The zero-order chi connectivity index (χ0) is 12.4. The minimum atomic E-state index is -0.0778. The molecule has 5 nitrogen and oxygen atoms in total. The average Bonchev–Trinajstić information content (AvgIpc) is 2.58. The summed E-state index contributed by atoms with van der Waals surface area (Å²) in [5.74, 6) is 0.222. The molecule has 17 heavy (non-hydrogen) atoms. The van der Waals surface area contributed by atoms with E-state index in [4.69, 9.17) is 11.6 Å². The van der Waals surface area contributed by atoms with E-state index in [1.807, 2.05) is 0 Å². The van der Waals surface area contributed by atoms with E-state index in [-0.39, 0.29) is 16.3 Å². The average molecular weight is 272 g/mol. The van der Waals surface area contributed by atoms with E-state index in [2.05, 4.69) is 9.97 Å². The van der Waals surface area contributed by atoms with Crippen LogP contribution in [0.2, 0.25) is 5.15 Å². The van der Waals surface area contributed by atoms with Crippen molar-refractivity contribution in [3.05, 3.63) is 17.4 Å². The third-order valence-corrected chi connectivity index (χ3v) is 3.46.